The monoisotopic (exact) mass is 299 g/mol. The molecule has 1 heterocycles. The molecular formula is C14H12F3NO3. The van der Waals surface area contributed by atoms with E-state index in [1.807, 2.05) is 0 Å². The number of nitrogens with zero attached hydrogens (tertiary/aromatic N) is 1. The number of rotatable bonds is 3. The van der Waals surface area contributed by atoms with Crippen LogP contribution in [0.4, 0.5) is 13.2 Å². The number of hydrogen-bond acceptors (Lipinski definition) is 3. The van der Waals surface area contributed by atoms with Gasteiger partial charge in [0.05, 0.1) is 17.1 Å². The molecule has 0 radical (unpaired) electrons. The number of carbonyl (C=O) groups excluding carboxylic acids is 1. The number of aryl methyl sites for hydroxylation is 1. The zero-order valence-electron chi connectivity index (χ0n) is 11.4. The van der Waals surface area contributed by atoms with Crippen molar-refractivity contribution in [2.75, 3.05) is 0 Å². The van der Waals surface area contributed by atoms with E-state index in [0.29, 0.717) is 6.07 Å². The second-order valence-electron chi connectivity index (χ2n) is 4.32. The van der Waals surface area contributed by atoms with E-state index in [4.69, 9.17) is 4.74 Å². The number of ether oxygens (including phenoxy) is 1. The van der Waals surface area contributed by atoms with Gasteiger partial charge in [-0.15, -0.1) is 0 Å². The highest BCUT2D eigenvalue weighted by molar-refractivity contribution is 5.82. The highest BCUT2D eigenvalue weighted by atomic mass is 19.2. The van der Waals surface area contributed by atoms with E-state index in [2.05, 4.69) is 0 Å². The molecule has 0 saturated heterocycles. The summed E-state index contributed by atoms with van der Waals surface area (Å²) in [5.41, 5.74) is -1.23. The average molecular weight is 299 g/mol. The molecule has 4 nitrogen and oxygen atoms in total. The molecule has 0 amide bonds. The molecule has 21 heavy (non-hydrogen) atoms. The van der Waals surface area contributed by atoms with Crippen LogP contribution in [0.5, 0.6) is 5.75 Å². The lowest BCUT2D eigenvalue weighted by Gasteiger charge is -2.12. The number of esters is 1. The number of fused-ring (bicyclic) bond motifs is 1. The van der Waals surface area contributed by atoms with Crippen molar-refractivity contribution in [1.29, 1.82) is 0 Å². The van der Waals surface area contributed by atoms with Crippen LogP contribution < -0.4 is 10.2 Å². The van der Waals surface area contributed by atoms with E-state index in [9.17, 15) is 22.8 Å². The van der Waals surface area contributed by atoms with Crippen molar-refractivity contribution in [2.24, 2.45) is 0 Å². The second-order valence-corrected chi connectivity index (χ2v) is 4.32. The summed E-state index contributed by atoms with van der Waals surface area (Å²) in [7, 11) is 0. The van der Waals surface area contributed by atoms with Crippen molar-refractivity contribution >= 4 is 16.9 Å². The maximum atomic E-state index is 13.9. The van der Waals surface area contributed by atoms with E-state index in [1.54, 1.807) is 6.92 Å². The Bertz CT molecular complexity index is 783. The first-order valence-corrected chi connectivity index (χ1v) is 6.32. The van der Waals surface area contributed by atoms with Crippen LogP contribution >= 0.6 is 0 Å². The molecule has 0 fully saturated rings. The summed E-state index contributed by atoms with van der Waals surface area (Å²) in [4.78, 5) is 23.4. The molecule has 0 unspecified atom stereocenters. The van der Waals surface area contributed by atoms with Crippen LogP contribution in [0.25, 0.3) is 10.9 Å². The van der Waals surface area contributed by atoms with Crippen LogP contribution in [-0.2, 0) is 11.3 Å². The third-order valence-corrected chi connectivity index (χ3v) is 3.02. The van der Waals surface area contributed by atoms with Gasteiger partial charge in [-0.1, -0.05) is 6.92 Å². The highest BCUT2D eigenvalue weighted by Crippen LogP contribution is 2.23. The minimum Gasteiger partial charge on any atom is -0.421 e. The molecule has 0 spiro atoms. The maximum absolute atomic E-state index is 13.9. The van der Waals surface area contributed by atoms with Gasteiger partial charge in [-0.25, -0.2) is 13.2 Å². The molecular weight excluding hydrogens is 287 g/mol. The van der Waals surface area contributed by atoms with Crippen LogP contribution in [0.15, 0.2) is 17.1 Å². The fraction of sp³-hybridized carbons (Fsp3) is 0.286. The number of hydrogen-bond donors (Lipinski definition) is 0. The summed E-state index contributed by atoms with van der Waals surface area (Å²) >= 11 is 0. The lowest BCUT2D eigenvalue weighted by molar-refractivity contribution is -0.134. The maximum Gasteiger partial charge on any atom is 0.311 e. The molecule has 0 bridgehead atoms. The number of halogens is 3. The molecule has 112 valence electrons. The van der Waals surface area contributed by atoms with Crippen molar-refractivity contribution < 1.29 is 22.7 Å². The van der Waals surface area contributed by atoms with Gasteiger partial charge < -0.3 is 9.30 Å². The van der Waals surface area contributed by atoms with Crippen molar-refractivity contribution in [3.63, 3.8) is 0 Å². The van der Waals surface area contributed by atoms with Crippen molar-refractivity contribution in [2.45, 2.75) is 26.8 Å². The molecule has 0 atom stereocenters. The Balaban J connectivity index is 2.84. The van der Waals surface area contributed by atoms with Gasteiger partial charge in [-0.3, -0.25) is 9.59 Å². The smallest absolute Gasteiger partial charge is 0.311 e. The fourth-order valence-corrected chi connectivity index (χ4v) is 1.95. The number of benzene rings is 1. The molecule has 7 heteroatoms. The van der Waals surface area contributed by atoms with Crippen LogP contribution in [0.2, 0.25) is 0 Å². The Labute approximate surface area is 117 Å². The topological polar surface area (TPSA) is 48.3 Å². The molecule has 0 aliphatic heterocycles. The average Bonchev–Trinajstić information content (AvgIpc) is 2.47. The minimum absolute atomic E-state index is 0.0374. The Morgan fingerprint density at radius 1 is 1.24 bits per heavy atom. The first-order chi connectivity index (χ1) is 9.90. The van der Waals surface area contributed by atoms with Crippen LogP contribution in [0.1, 0.15) is 20.3 Å². The predicted octanol–water partition coefficient (Wildman–Crippen LogP) is 2.75. The van der Waals surface area contributed by atoms with Gasteiger partial charge in [0.1, 0.15) is 0 Å². The normalized spacial score (nSPS) is 10.9. The predicted molar refractivity (Wildman–Crippen MR) is 69.7 cm³/mol. The summed E-state index contributed by atoms with van der Waals surface area (Å²) in [6, 6.07) is 0.603. The van der Waals surface area contributed by atoms with Gasteiger partial charge in [-0.2, -0.15) is 0 Å². The van der Waals surface area contributed by atoms with E-state index < -0.39 is 28.8 Å². The number of pyridine rings is 1. The minimum atomic E-state index is -1.65. The largest absolute Gasteiger partial charge is 0.421 e. The van der Waals surface area contributed by atoms with Crippen molar-refractivity contribution in [3.8, 4) is 5.75 Å². The van der Waals surface area contributed by atoms with E-state index in [0.717, 1.165) is 6.20 Å². The molecule has 0 saturated carbocycles. The zero-order valence-corrected chi connectivity index (χ0v) is 11.4. The molecule has 0 aliphatic rings. The Kier molecular flexibility index (Phi) is 4.02. The third kappa shape index (κ3) is 2.51. The first-order valence-electron chi connectivity index (χ1n) is 6.32. The van der Waals surface area contributed by atoms with Crippen LogP contribution in [-0.4, -0.2) is 10.5 Å². The summed E-state index contributed by atoms with van der Waals surface area (Å²) in [5.74, 6) is -5.57. The highest BCUT2D eigenvalue weighted by Gasteiger charge is 2.20. The molecule has 2 rings (SSSR count). The molecule has 1 aromatic heterocycles. The molecule has 0 N–H and O–H groups in total. The van der Waals surface area contributed by atoms with Gasteiger partial charge in [0.2, 0.25) is 5.43 Å². The summed E-state index contributed by atoms with van der Waals surface area (Å²) in [6.07, 6.45) is 1.15. The Morgan fingerprint density at radius 2 is 1.90 bits per heavy atom. The van der Waals surface area contributed by atoms with Gasteiger partial charge in [0.15, 0.2) is 23.2 Å². The summed E-state index contributed by atoms with van der Waals surface area (Å²) in [6.45, 7) is 3.34. The SMILES string of the molecule is CCC(=O)Oc1cn(CC)c2c(F)c(F)c(F)cc2c1=O. The van der Waals surface area contributed by atoms with Gasteiger partial charge in [-0.05, 0) is 13.0 Å². The number of aromatic nitrogens is 1. The Hall–Kier alpha value is -2.31. The quantitative estimate of drug-likeness (QED) is 0.647. The zero-order chi connectivity index (χ0) is 15.7. The Morgan fingerprint density at radius 3 is 2.48 bits per heavy atom. The third-order valence-electron chi connectivity index (χ3n) is 3.02. The van der Waals surface area contributed by atoms with Gasteiger partial charge >= 0.3 is 5.97 Å². The van der Waals surface area contributed by atoms with E-state index in [-0.39, 0.29) is 29.6 Å². The molecule has 0 aliphatic carbocycles. The van der Waals surface area contributed by atoms with Gasteiger partial charge in [0.25, 0.3) is 0 Å². The van der Waals surface area contributed by atoms with Crippen molar-refractivity contribution in [1.82, 2.24) is 4.57 Å². The summed E-state index contributed by atoms with van der Waals surface area (Å²) < 4.78 is 46.5. The second kappa shape index (κ2) is 5.59. The van der Waals surface area contributed by atoms with Gasteiger partial charge in [0, 0.05) is 13.0 Å². The lowest BCUT2D eigenvalue weighted by atomic mass is 10.1. The van der Waals surface area contributed by atoms with E-state index in [1.165, 1.54) is 11.5 Å². The van der Waals surface area contributed by atoms with Crippen LogP contribution in [0.3, 0.4) is 0 Å². The summed E-state index contributed by atoms with van der Waals surface area (Å²) in [5, 5.41) is -0.380. The number of carbonyl (C=O) groups is 1. The van der Waals surface area contributed by atoms with Crippen LogP contribution in [0, 0.1) is 17.5 Å². The fourth-order valence-electron chi connectivity index (χ4n) is 1.95. The first kappa shape index (κ1) is 15.1. The van der Waals surface area contributed by atoms with E-state index >= 15 is 0 Å². The van der Waals surface area contributed by atoms with Crippen molar-refractivity contribution in [3.05, 3.63) is 39.9 Å². The molecule has 1 aromatic carbocycles. The molecule has 2 aromatic rings. The standard InChI is InChI=1S/C14H12F3NO3/c1-3-10(19)21-9-6-18(4-2)13-7(14(9)20)5-8(15)11(16)12(13)17/h5-6H,3-4H2,1-2H3. The lowest BCUT2D eigenvalue weighted by Crippen LogP contribution is -2.18.